The van der Waals surface area contributed by atoms with Crippen LogP contribution < -0.4 is 5.32 Å². The van der Waals surface area contributed by atoms with Gasteiger partial charge in [-0.3, -0.25) is 9.59 Å². The highest BCUT2D eigenvalue weighted by Crippen LogP contribution is 2.16. The average molecular weight is 353 g/mol. The summed E-state index contributed by atoms with van der Waals surface area (Å²) in [7, 11) is 0. The number of likely N-dealkylation sites (tertiary alicyclic amines) is 1. The van der Waals surface area contributed by atoms with Crippen molar-refractivity contribution in [2.45, 2.75) is 26.2 Å². The third kappa shape index (κ3) is 4.84. The van der Waals surface area contributed by atoms with E-state index in [-0.39, 0.29) is 24.8 Å². The van der Waals surface area contributed by atoms with Crippen molar-refractivity contribution in [3.05, 3.63) is 34.3 Å². The minimum atomic E-state index is -0.125. The first-order valence-electron chi connectivity index (χ1n) is 7.34. The maximum absolute atomic E-state index is 12.1. The van der Waals surface area contributed by atoms with E-state index >= 15 is 0 Å². The van der Waals surface area contributed by atoms with Crippen LogP contribution in [0.2, 0.25) is 0 Å². The van der Waals surface area contributed by atoms with Gasteiger partial charge in [0, 0.05) is 17.6 Å². The number of piperidine rings is 1. The van der Waals surface area contributed by atoms with Crippen LogP contribution in [0.5, 0.6) is 0 Å². The van der Waals surface area contributed by atoms with E-state index < -0.39 is 0 Å². The van der Waals surface area contributed by atoms with Crippen molar-refractivity contribution in [1.29, 1.82) is 0 Å². The van der Waals surface area contributed by atoms with Crippen molar-refractivity contribution in [1.82, 2.24) is 10.2 Å². The average Bonchev–Trinajstić information content (AvgIpc) is 2.47. The largest absolute Gasteiger partial charge is 0.347 e. The number of rotatable bonds is 4. The lowest BCUT2D eigenvalue weighted by atomic mass is 10.0. The number of hydrogen-bond acceptors (Lipinski definition) is 2. The fourth-order valence-electron chi connectivity index (χ4n) is 2.58. The van der Waals surface area contributed by atoms with E-state index in [1.807, 2.05) is 29.2 Å². The van der Waals surface area contributed by atoms with Crippen LogP contribution in [0, 0.1) is 5.92 Å². The molecule has 114 valence electrons. The van der Waals surface area contributed by atoms with Crippen molar-refractivity contribution in [2.24, 2.45) is 5.92 Å². The summed E-state index contributed by atoms with van der Waals surface area (Å²) in [6.07, 6.45) is 2.51. The second-order valence-electron chi connectivity index (χ2n) is 5.63. The maximum Gasteiger partial charge on any atom is 0.241 e. The first-order valence-corrected chi connectivity index (χ1v) is 8.13. The fourth-order valence-corrected chi connectivity index (χ4v) is 3.00. The standard InChI is InChI=1S/C16H21BrN2O2/c1-12-5-4-8-19(11-12)16(21)10-18-15(20)9-13-6-2-3-7-14(13)17/h2-3,6-7,12H,4-5,8-11H2,1H3,(H,18,20). The predicted molar refractivity (Wildman–Crippen MR) is 85.8 cm³/mol. The molecule has 0 saturated carbocycles. The van der Waals surface area contributed by atoms with E-state index in [2.05, 4.69) is 28.2 Å². The van der Waals surface area contributed by atoms with Crippen LogP contribution in [0.4, 0.5) is 0 Å². The number of hydrogen-bond donors (Lipinski definition) is 1. The molecule has 1 unspecified atom stereocenters. The van der Waals surface area contributed by atoms with E-state index in [9.17, 15) is 9.59 Å². The third-order valence-corrected chi connectivity index (χ3v) is 4.53. The molecular formula is C16H21BrN2O2. The monoisotopic (exact) mass is 352 g/mol. The lowest BCUT2D eigenvalue weighted by Crippen LogP contribution is -2.44. The van der Waals surface area contributed by atoms with Gasteiger partial charge in [-0.25, -0.2) is 0 Å². The quantitative estimate of drug-likeness (QED) is 0.904. The van der Waals surface area contributed by atoms with Gasteiger partial charge >= 0.3 is 0 Å². The molecule has 1 aromatic rings. The number of benzene rings is 1. The third-order valence-electron chi connectivity index (χ3n) is 3.76. The Hall–Kier alpha value is -1.36. The van der Waals surface area contributed by atoms with Gasteiger partial charge in [0.1, 0.15) is 0 Å². The summed E-state index contributed by atoms with van der Waals surface area (Å²) in [5.41, 5.74) is 0.925. The van der Waals surface area contributed by atoms with Crippen molar-refractivity contribution in [3.8, 4) is 0 Å². The first kappa shape index (κ1) is 16.0. The van der Waals surface area contributed by atoms with E-state index in [0.717, 1.165) is 29.5 Å². The van der Waals surface area contributed by atoms with E-state index in [1.165, 1.54) is 6.42 Å². The van der Waals surface area contributed by atoms with E-state index in [4.69, 9.17) is 0 Å². The molecule has 0 radical (unpaired) electrons. The summed E-state index contributed by atoms with van der Waals surface area (Å²) in [4.78, 5) is 25.8. The van der Waals surface area contributed by atoms with Crippen LogP contribution >= 0.6 is 15.9 Å². The number of amides is 2. The Morgan fingerprint density at radius 1 is 1.38 bits per heavy atom. The molecule has 1 heterocycles. The van der Waals surface area contributed by atoms with E-state index in [1.54, 1.807) is 0 Å². The Balaban J connectivity index is 1.78. The second-order valence-corrected chi connectivity index (χ2v) is 6.49. The molecule has 1 fully saturated rings. The van der Waals surface area contributed by atoms with Crippen LogP contribution in [0.15, 0.2) is 28.7 Å². The molecule has 0 aliphatic carbocycles. The Morgan fingerprint density at radius 2 is 2.14 bits per heavy atom. The summed E-state index contributed by atoms with van der Waals surface area (Å²) in [6, 6.07) is 7.61. The Labute approximate surface area is 134 Å². The lowest BCUT2D eigenvalue weighted by molar-refractivity contribution is -0.134. The van der Waals surface area contributed by atoms with Crippen LogP contribution in [0.1, 0.15) is 25.3 Å². The van der Waals surface area contributed by atoms with Crippen molar-refractivity contribution < 1.29 is 9.59 Å². The normalized spacial score (nSPS) is 18.4. The highest BCUT2D eigenvalue weighted by molar-refractivity contribution is 9.10. The molecule has 1 aliphatic rings. The Kier molecular flexibility index (Phi) is 5.79. The van der Waals surface area contributed by atoms with Gasteiger partial charge < -0.3 is 10.2 Å². The smallest absolute Gasteiger partial charge is 0.241 e. The lowest BCUT2D eigenvalue weighted by Gasteiger charge is -2.31. The van der Waals surface area contributed by atoms with Crippen LogP contribution in [-0.4, -0.2) is 36.3 Å². The van der Waals surface area contributed by atoms with Gasteiger partial charge in [0.2, 0.25) is 11.8 Å². The highest BCUT2D eigenvalue weighted by Gasteiger charge is 2.21. The van der Waals surface area contributed by atoms with Crippen LogP contribution in [-0.2, 0) is 16.0 Å². The number of carbonyl (C=O) groups is 2. The molecule has 1 aromatic carbocycles. The van der Waals surface area contributed by atoms with Crippen LogP contribution in [0.3, 0.4) is 0 Å². The molecule has 1 aliphatic heterocycles. The van der Waals surface area contributed by atoms with Crippen molar-refractivity contribution in [2.75, 3.05) is 19.6 Å². The summed E-state index contributed by atoms with van der Waals surface area (Å²) in [5.74, 6) is 0.445. The number of nitrogens with one attached hydrogen (secondary N) is 1. The topological polar surface area (TPSA) is 49.4 Å². The van der Waals surface area contributed by atoms with Gasteiger partial charge in [0.15, 0.2) is 0 Å². The molecule has 5 heteroatoms. The molecule has 21 heavy (non-hydrogen) atoms. The molecule has 1 saturated heterocycles. The zero-order valence-corrected chi connectivity index (χ0v) is 13.9. The highest BCUT2D eigenvalue weighted by atomic mass is 79.9. The molecule has 0 bridgehead atoms. The van der Waals surface area contributed by atoms with Gasteiger partial charge in [-0.15, -0.1) is 0 Å². The Morgan fingerprint density at radius 3 is 2.86 bits per heavy atom. The minimum Gasteiger partial charge on any atom is -0.347 e. The van der Waals surface area contributed by atoms with Gasteiger partial charge in [-0.1, -0.05) is 41.1 Å². The fraction of sp³-hybridized carbons (Fsp3) is 0.500. The summed E-state index contributed by atoms with van der Waals surface area (Å²) in [6.45, 7) is 3.86. The predicted octanol–water partition coefficient (Wildman–Crippen LogP) is 2.37. The zero-order chi connectivity index (χ0) is 15.2. The molecular weight excluding hydrogens is 332 g/mol. The molecule has 0 spiro atoms. The SMILES string of the molecule is CC1CCCN(C(=O)CNC(=O)Cc2ccccc2Br)C1. The maximum atomic E-state index is 12.1. The molecule has 1 N–H and O–H groups in total. The molecule has 4 nitrogen and oxygen atoms in total. The molecule has 2 rings (SSSR count). The van der Waals surface area contributed by atoms with Gasteiger partial charge in [0.05, 0.1) is 13.0 Å². The number of nitrogens with zero attached hydrogens (tertiary/aromatic N) is 1. The molecule has 2 amide bonds. The first-order chi connectivity index (χ1) is 10.1. The molecule has 0 aromatic heterocycles. The van der Waals surface area contributed by atoms with Gasteiger partial charge in [0.25, 0.3) is 0 Å². The van der Waals surface area contributed by atoms with Gasteiger partial charge in [-0.05, 0) is 30.4 Å². The Bertz CT molecular complexity index is 519. The zero-order valence-electron chi connectivity index (χ0n) is 12.3. The number of halogens is 1. The van der Waals surface area contributed by atoms with Crippen molar-refractivity contribution >= 4 is 27.7 Å². The molecule has 1 atom stereocenters. The number of carbonyl (C=O) groups excluding carboxylic acids is 2. The van der Waals surface area contributed by atoms with E-state index in [0.29, 0.717) is 5.92 Å². The summed E-state index contributed by atoms with van der Waals surface area (Å²) < 4.78 is 0.913. The van der Waals surface area contributed by atoms with Crippen molar-refractivity contribution in [3.63, 3.8) is 0 Å². The second kappa shape index (κ2) is 7.59. The summed E-state index contributed by atoms with van der Waals surface area (Å²) >= 11 is 3.42. The van der Waals surface area contributed by atoms with Gasteiger partial charge in [-0.2, -0.15) is 0 Å². The van der Waals surface area contributed by atoms with Crippen LogP contribution in [0.25, 0.3) is 0 Å². The minimum absolute atomic E-state index is 0.0158. The summed E-state index contributed by atoms with van der Waals surface area (Å²) in [5, 5.41) is 2.72.